The zero-order chi connectivity index (χ0) is 9.15. The molecule has 2 heterocycles. The lowest BCUT2D eigenvalue weighted by Crippen LogP contribution is -2.49. The fourth-order valence-electron chi connectivity index (χ4n) is 2.17. The third-order valence-corrected chi connectivity index (χ3v) is 3.34. The lowest BCUT2D eigenvalue weighted by molar-refractivity contribution is -0.0954. The molecule has 2 aliphatic rings. The van der Waals surface area contributed by atoms with Crippen LogP contribution in [0.3, 0.4) is 0 Å². The van der Waals surface area contributed by atoms with Crippen LogP contribution in [0, 0.1) is 5.41 Å². The van der Waals surface area contributed by atoms with Crippen LogP contribution in [0.2, 0.25) is 0 Å². The third-order valence-electron chi connectivity index (χ3n) is 3.34. The normalized spacial score (nSPS) is 34.4. The summed E-state index contributed by atoms with van der Waals surface area (Å²) in [5.74, 6) is 0. The zero-order valence-electron chi connectivity index (χ0n) is 8.34. The molecule has 0 spiro atoms. The van der Waals surface area contributed by atoms with Gasteiger partial charge in [-0.1, -0.05) is 6.92 Å². The third kappa shape index (κ3) is 2.03. The molecule has 0 aromatic heterocycles. The van der Waals surface area contributed by atoms with Crippen LogP contribution in [0.1, 0.15) is 19.8 Å². The molecule has 0 aromatic carbocycles. The van der Waals surface area contributed by atoms with Gasteiger partial charge in [-0.2, -0.15) is 0 Å². The maximum atomic E-state index is 5.80. The van der Waals surface area contributed by atoms with Crippen molar-refractivity contribution in [2.24, 2.45) is 5.41 Å². The van der Waals surface area contributed by atoms with E-state index in [0.717, 1.165) is 45.8 Å². The fraction of sp³-hybridized carbons (Fsp3) is 1.00. The van der Waals surface area contributed by atoms with Gasteiger partial charge in [0.1, 0.15) is 0 Å². The van der Waals surface area contributed by atoms with Crippen LogP contribution < -0.4 is 5.32 Å². The van der Waals surface area contributed by atoms with E-state index < -0.39 is 0 Å². The number of nitrogens with one attached hydrogen (secondary N) is 1. The molecule has 76 valence electrons. The second-order valence-corrected chi connectivity index (χ2v) is 4.33. The quantitative estimate of drug-likeness (QED) is 0.655. The van der Waals surface area contributed by atoms with Gasteiger partial charge >= 0.3 is 0 Å². The van der Waals surface area contributed by atoms with Crippen molar-refractivity contribution in [3.8, 4) is 0 Å². The van der Waals surface area contributed by atoms with Gasteiger partial charge in [-0.15, -0.1) is 0 Å². The molecular weight excluding hydrogens is 166 g/mol. The minimum absolute atomic E-state index is 0.339. The van der Waals surface area contributed by atoms with E-state index in [0.29, 0.717) is 11.5 Å². The van der Waals surface area contributed by atoms with Crippen molar-refractivity contribution in [3.63, 3.8) is 0 Å². The minimum atomic E-state index is 0.339. The number of ether oxygens (including phenoxy) is 2. The topological polar surface area (TPSA) is 30.5 Å². The van der Waals surface area contributed by atoms with E-state index in [1.165, 1.54) is 0 Å². The summed E-state index contributed by atoms with van der Waals surface area (Å²) in [5.41, 5.74) is 0.339. The van der Waals surface area contributed by atoms with Gasteiger partial charge in [0.15, 0.2) is 0 Å². The first-order valence-corrected chi connectivity index (χ1v) is 5.21. The molecule has 2 aliphatic heterocycles. The average Bonchev–Trinajstić information content (AvgIpc) is 2.20. The number of hydrogen-bond acceptors (Lipinski definition) is 3. The second-order valence-electron chi connectivity index (χ2n) is 4.33. The molecule has 2 fully saturated rings. The van der Waals surface area contributed by atoms with E-state index in [-0.39, 0.29) is 0 Å². The van der Waals surface area contributed by atoms with E-state index >= 15 is 0 Å². The van der Waals surface area contributed by atoms with E-state index in [4.69, 9.17) is 9.47 Å². The van der Waals surface area contributed by atoms with Gasteiger partial charge in [0.25, 0.3) is 0 Å². The lowest BCUT2D eigenvalue weighted by Gasteiger charge is -2.42. The van der Waals surface area contributed by atoms with Gasteiger partial charge in [0, 0.05) is 26.3 Å². The first kappa shape index (κ1) is 9.44. The summed E-state index contributed by atoms with van der Waals surface area (Å²) in [7, 11) is 0. The first-order chi connectivity index (χ1) is 6.31. The van der Waals surface area contributed by atoms with Gasteiger partial charge in [0.2, 0.25) is 0 Å². The first-order valence-electron chi connectivity index (χ1n) is 5.21. The summed E-state index contributed by atoms with van der Waals surface area (Å²) in [5, 5.41) is 3.39. The van der Waals surface area contributed by atoms with Crippen molar-refractivity contribution in [1.82, 2.24) is 5.32 Å². The van der Waals surface area contributed by atoms with Crippen LogP contribution in [-0.4, -0.2) is 39.0 Å². The monoisotopic (exact) mass is 185 g/mol. The molecule has 2 saturated heterocycles. The van der Waals surface area contributed by atoms with Crippen molar-refractivity contribution < 1.29 is 9.47 Å². The van der Waals surface area contributed by atoms with Gasteiger partial charge in [-0.3, -0.25) is 0 Å². The highest BCUT2D eigenvalue weighted by Crippen LogP contribution is 2.35. The van der Waals surface area contributed by atoms with Crippen LogP contribution >= 0.6 is 0 Å². The van der Waals surface area contributed by atoms with Crippen molar-refractivity contribution in [3.05, 3.63) is 0 Å². The highest BCUT2D eigenvalue weighted by molar-refractivity contribution is 4.88. The van der Waals surface area contributed by atoms with Gasteiger partial charge in [0.05, 0.1) is 12.7 Å². The molecular formula is C10H19NO2. The minimum Gasteiger partial charge on any atom is -0.381 e. The Hall–Kier alpha value is -0.120. The molecule has 0 aliphatic carbocycles. The van der Waals surface area contributed by atoms with E-state index in [1.807, 2.05) is 0 Å². The summed E-state index contributed by atoms with van der Waals surface area (Å²) < 4.78 is 11.2. The van der Waals surface area contributed by atoms with Crippen molar-refractivity contribution in [2.45, 2.75) is 25.9 Å². The van der Waals surface area contributed by atoms with Gasteiger partial charge in [-0.05, 0) is 18.3 Å². The smallest absolute Gasteiger partial charge is 0.0755 e. The molecule has 3 nitrogen and oxygen atoms in total. The number of hydrogen-bond donors (Lipinski definition) is 1. The van der Waals surface area contributed by atoms with Gasteiger partial charge in [-0.25, -0.2) is 0 Å². The zero-order valence-corrected chi connectivity index (χ0v) is 8.34. The molecule has 3 heteroatoms. The van der Waals surface area contributed by atoms with Crippen LogP contribution in [0.15, 0.2) is 0 Å². The molecule has 0 amide bonds. The largest absolute Gasteiger partial charge is 0.381 e. The Morgan fingerprint density at radius 1 is 1.23 bits per heavy atom. The molecule has 2 rings (SSSR count). The summed E-state index contributed by atoms with van der Waals surface area (Å²) in [6.45, 7) is 7.00. The number of rotatable bonds is 1. The van der Waals surface area contributed by atoms with Crippen molar-refractivity contribution in [2.75, 3.05) is 32.9 Å². The Bertz CT molecular complexity index is 160. The molecule has 13 heavy (non-hydrogen) atoms. The van der Waals surface area contributed by atoms with Gasteiger partial charge < -0.3 is 14.8 Å². The SMILES string of the molecule is CC1(C2CNCCO2)CCOCC1. The molecule has 1 atom stereocenters. The fourth-order valence-corrected chi connectivity index (χ4v) is 2.17. The molecule has 0 bridgehead atoms. The Morgan fingerprint density at radius 3 is 2.62 bits per heavy atom. The van der Waals surface area contributed by atoms with E-state index in [2.05, 4.69) is 12.2 Å². The lowest BCUT2D eigenvalue weighted by atomic mass is 9.77. The maximum absolute atomic E-state index is 5.80. The summed E-state index contributed by atoms with van der Waals surface area (Å²) >= 11 is 0. The van der Waals surface area contributed by atoms with E-state index in [1.54, 1.807) is 0 Å². The maximum Gasteiger partial charge on any atom is 0.0755 e. The predicted molar refractivity (Wildman–Crippen MR) is 50.8 cm³/mol. The van der Waals surface area contributed by atoms with E-state index in [9.17, 15) is 0 Å². The molecule has 0 aromatic rings. The summed E-state index contributed by atoms with van der Waals surface area (Å²) in [4.78, 5) is 0. The predicted octanol–water partition coefficient (Wildman–Crippen LogP) is 0.791. The standard InChI is InChI=1S/C10H19NO2/c1-10(2-5-12-6-3-10)9-8-11-4-7-13-9/h9,11H,2-8H2,1H3. The Labute approximate surface area is 79.8 Å². The Kier molecular flexibility index (Phi) is 2.86. The molecule has 0 radical (unpaired) electrons. The number of morpholine rings is 1. The van der Waals surface area contributed by atoms with Crippen LogP contribution in [-0.2, 0) is 9.47 Å². The van der Waals surface area contributed by atoms with Crippen LogP contribution in [0.4, 0.5) is 0 Å². The Morgan fingerprint density at radius 2 is 2.00 bits per heavy atom. The summed E-state index contributed by atoms with van der Waals surface area (Å²) in [6, 6.07) is 0. The Balaban J connectivity index is 1.94. The molecule has 1 unspecified atom stereocenters. The molecule has 1 N–H and O–H groups in total. The second kappa shape index (κ2) is 3.95. The average molecular weight is 185 g/mol. The van der Waals surface area contributed by atoms with Crippen molar-refractivity contribution in [1.29, 1.82) is 0 Å². The van der Waals surface area contributed by atoms with Crippen LogP contribution in [0.25, 0.3) is 0 Å². The molecule has 0 saturated carbocycles. The highest BCUT2D eigenvalue weighted by atomic mass is 16.5. The van der Waals surface area contributed by atoms with Crippen LogP contribution in [0.5, 0.6) is 0 Å². The highest BCUT2D eigenvalue weighted by Gasteiger charge is 2.37. The van der Waals surface area contributed by atoms with Crippen molar-refractivity contribution >= 4 is 0 Å². The summed E-state index contributed by atoms with van der Waals surface area (Å²) in [6.07, 6.45) is 2.67.